The Balaban J connectivity index is 1.55. The summed E-state index contributed by atoms with van der Waals surface area (Å²) in [5, 5.41) is 11.8. The van der Waals surface area contributed by atoms with Gasteiger partial charge in [-0.15, -0.1) is 0 Å². The van der Waals surface area contributed by atoms with Gasteiger partial charge in [-0.05, 0) is 38.0 Å². The molecule has 1 unspecified atom stereocenters. The molecule has 1 aromatic heterocycles. The second-order valence-corrected chi connectivity index (χ2v) is 11.6. The minimum atomic E-state index is -1.00. The first kappa shape index (κ1) is 29.3. The van der Waals surface area contributed by atoms with Gasteiger partial charge in [-0.25, -0.2) is 20.2 Å². The van der Waals surface area contributed by atoms with Gasteiger partial charge in [0.05, 0.1) is 6.10 Å². The average molecular weight is 574 g/mol. The number of hydrogen-bond acceptors (Lipinski definition) is 10. The number of esters is 2. The molecule has 41 heavy (non-hydrogen) atoms. The second kappa shape index (κ2) is 11.2. The number of nitrogens with two attached hydrogens (primary N) is 1. The summed E-state index contributed by atoms with van der Waals surface area (Å²) in [6.07, 6.45) is 2.27. The van der Waals surface area contributed by atoms with Gasteiger partial charge in [-0.2, -0.15) is 0 Å². The van der Waals surface area contributed by atoms with Gasteiger partial charge in [0.15, 0.2) is 6.10 Å². The van der Waals surface area contributed by atoms with Crippen LogP contribution in [0.4, 0.5) is 4.79 Å². The number of aliphatic hydroxyl groups excluding tert-OH is 1. The van der Waals surface area contributed by atoms with E-state index in [-0.39, 0.29) is 24.2 Å². The Morgan fingerprint density at radius 3 is 2.71 bits per heavy atom. The summed E-state index contributed by atoms with van der Waals surface area (Å²) in [5.41, 5.74) is 2.08. The maximum absolute atomic E-state index is 13.3. The largest absolute Gasteiger partial charge is 0.456 e. The molecule has 0 aromatic carbocycles. The van der Waals surface area contributed by atoms with E-state index in [2.05, 4.69) is 4.98 Å². The lowest BCUT2D eigenvalue weighted by Gasteiger charge is -2.48. The highest BCUT2D eigenvalue weighted by Gasteiger charge is 2.69. The highest BCUT2D eigenvalue weighted by molar-refractivity contribution is 5.87. The summed E-state index contributed by atoms with van der Waals surface area (Å²) in [6, 6.07) is 3.35. The van der Waals surface area contributed by atoms with Crippen LogP contribution in [0.1, 0.15) is 44.6 Å². The normalized spacial score (nSPS) is 41.7. The topological polar surface area (TPSA) is 171 Å². The van der Waals surface area contributed by atoms with Gasteiger partial charge < -0.3 is 33.8 Å². The molecule has 1 saturated carbocycles. The molecule has 12 atom stereocenters. The Morgan fingerprint density at radius 2 is 2.05 bits per heavy atom. The van der Waals surface area contributed by atoms with Gasteiger partial charge in [-0.1, -0.05) is 32.1 Å². The molecule has 5 rings (SSSR count). The Labute approximate surface area is 238 Å². The van der Waals surface area contributed by atoms with Crippen LogP contribution in [0.15, 0.2) is 42.1 Å². The molecule has 4 aliphatic rings. The van der Waals surface area contributed by atoms with Gasteiger partial charge in [0.2, 0.25) is 0 Å². The standard InChI is InChI=1S/C29H39N3O9/c1-13-11-14(2)29-17(12-20(37-5)27(35)39-23(13)16(4)38-28(36)32-30)8-9-18-21(29)22(33)15(3)24(25(18)41-29)40-26(34)19-7-6-10-31-19/h6-11,13,15-18,20-25,31,33H,12,30H2,1-5H3,(H,32,36)/b14-11+/t13-,15-,16-,17?,18-,20+,21+,22-,23+,24-,25-,29+/m1/s1. The maximum atomic E-state index is 13.3. The third-order valence-corrected chi connectivity index (χ3v) is 9.33. The lowest BCUT2D eigenvalue weighted by molar-refractivity contribution is -0.172. The molecule has 3 heterocycles. The van der Waals surface area contributed by atoms with Crippen LogP contribution < -0.4 is 11.3 Å². The Morgan fingerprint density at radius 1 is 1.29 bits per heavy atom. The van der Waals surface area contributed by atoms with Gasteiger partial charge in [0.1, 0.15) is 35.7 Å². The molecule has 4 bridgehead atoms. The van der Waals surface area contributed by atoms with Crippen molar-refractivity contribution in [3.05, 3.63) is 47.8 Å². The van der Waals surface area contributed by atoms with Gasteiger partial charge in [0, 0.05) is 42.9 Å². The third kappa shape index (κ3) is 4.86. The van der Waals surface area contributed by atoms with Crippen LogP contribution in [0.5, 0.6) is 0 Å². The van der Waals surface area contributed by atoms with Crippen LogP contribution in [0.25, 0.3) is 0 Å². The average Bonchev–Trinajstić information content (AvgIpc) is 3.55. The van der Waals surface area contributed by atoms with Crippen molar-refractivity contribution in [3.8, 4) is 0 Å². The number of hydrazine groups is 1. The predicted molar refractivity (Wildman–Crippen MR) is 144 cm³/mol. The summed E-state index contributed by atoms with van der Waals surface area (Å²) >= 11 is 0. The summed E-state index contributed by atoms with van der Waals surface area (Å²) in [5.74, 6) is 2.32. The number of ether oxygens (including phenoxy) is 5. The smallest absolute Gasteiger partial charge is 0.421 e. The summed E-state index contributed by atoms with van der Waals surface area (Å²) in [7, 11) is 1.43. The van der Waals surface area contributed by atoms with E-state index < -0.39 is 72.1 Å². The van der Waals surface area contributed by atoms with Crippen molar-refractivity contribution in [1.82, 2.24) is 10.4 Å². The number of H-pyrrole nitrogens is 1. The molecule has 12 nitrogen and oxygen atoms in total. The van der Waals surface area contributed by atoms with Crippen LogP contribution in [0.3, 0.4) is 0 Å². The minimum absolute atomic E-state index is 0.222. The van der Waals surface area contributed by atoms with Crippen molar-refractivity contribution >= 4 is 18.0 Å². The Hall–Kier alpha value is -3.19. The molecular weight excluding hydrogens is 534 g/mol. The highest BCUT2D eigenvalue weighted by Crippen LogP contribution is 2.61. The predicted octanol–water partition coefficient (Wildman–Crippen LogP) is 2.01. The van der Waals surface area contributed by atoms with E-state index in [1.54, 1.807) is 25.3 Å². The van der Waals surface area contributed by atoms with Crippen LogP contribution in [0.2, 0.25) is 0 Å². The molecule has 224 valence electrons. The van der Waals surface area contributed by atoms with E-state index in [9.17, 15) is 19.5 Å². The van der Waals surface area contributed by atoms with E-state index in [4.69, 9.17) is 29.5 Å². The number of methoxy groups -OCH3 is 1. The summed E-state index contributed by atoms with van der Waals surface area (Å²) < 4.78 is 29.7. The molecule has 2 aliphatic carbocycles. The molecule has 1 amide bonds. The molecule has 2 aliphatic heterocycles. The maximum Gasteiger partial charge on any atom is 0.421 e. The Kier molecular flexibility index (Phi) is 8.03. The van der Waals surface area contributed by atoms with Crippen molar-refractivity contribution in [1.29, 1.82) is 0 Å². The van der Waals surface area contributed by atoms with E-state index >= 15 is 0 Å². The fourth-order valence-corrected chi connectivity index (χ4v) is 7.40. The Bertz CT molecular complexity index is 1220. The van der Waals surface area contributed by atoms with Gasteiger partial charge in [-0.3, -0.25) is 5.43 Å². The quantitative estimate of drug-likeness (QED) is 0.102. The van der Waals surface area contributed by atoms with Crippen molar-refractivity contribution in [3.63, 3.8) is 0 Å². The number of hydrogen-bond donors (Lipinski definition) is 4. The first-order chi connectivity index (χ1) is 19.5. The zero-order valence-electron chi connectivity index (χ0n) is 23.8. The monoisotopic (exact) mass is 573 g/mol. The van der Waals surface area contributed by atoms with Crippen molar-refractivity contribution in [2.24, 2.45) is 35.4 Å². The number of nitrogens with one attached hydrogen (secondary N) is 2. The number of aliphatic hydroxyl groups is 1. The molecule has 12 heteroatoms. The number of aromatic amines is 1. The fraction of sp³-hybridized carbons (Fsp3) is 0.621. The molecule has 5 N–H and O–H groups in total. The zero-order valence-corrected chi connectivity index (χ0v) is 23.8. The number of rotatable bonds is 5. The summed E-state index contributed by atoms with van der Waals surface area (Å²) in [4.78, 5) is 41.0. The molecule has 2 fully saturated rings. The molecular formula is C29H39N3O9. The minimum Gasteiger partial charge on any atom is -0.456 e. The first-order valence-corrected chi connectivity index (χ1v) is 14.0. The number of amides is 1. The van der Waals surface area contributed by atoms with E-state index in [0.29, 0.717) is 5.69 Å². The number of cyclic esters (lactones) is 1. The van der Waals surface area contributed by atoms with Crippen LogP contribution in [0, 0.1) is 29.6 Å². The van der Waals surface area contributed by atoms with Crippen LogP contribution in [-0.4, -0.2) is 77.5 Å². The first-order valence-electron chi connectivity index (χ1n) is 14.0. The molecule has 1 aromatic rings. The van der Waals surface area contributed by atoms with Crippen molar-refractivity contribution in [2.45, 2.75) is 76.3 Å². The van der Waals surface area contributed by atoms with E-state index in [1.165, 1.54) is 7.11 Å². The highest BCUT2D eigenvalue weighted by atomic mass is 16.6. The van der Waals surface area contributed by atoms with Gasteiger partial charge >= 0.3 is 18.0 Å². The zero-order chi connectivity index (χ0) is 29.6. The van der Waals surface area contributed by atoms with Crippen molar-refractivity contribution < 1.29 is 43.2 Å². The van der Waals surface area contributed by atoms with Gasteiger partial charge in [0.25, 0.3) is 0 Å². The fourth-order valence-electron chi connectivity index (χ4n) is 7.40. The van der Waals surface area contributed by atoms with Crippen LogP contribution in [-0.2, 0) is 28.5 Å². The lowest BCUT2D eigenvalue weighted by Crippen LogP contribution is -2.57. The van der Waals surface area contributed by atoms with Crippen molar-refractivity contribution in [2.75, 3.05) is 7.11 Å². The van der Waals surface area contributed by atoms with Crippen LogP contribution >= 0.6 is 0 Å². The number of carbonyl (C=O) groups excluding carboxylic acids is 3. The second-order valence-electron chi connectivity index (χ2n) is 11.6. The lowest BCUT2D eigenvalue weighted by atomic mass is 9.57. The SMILES string of the molecule is CO[C@H]1CC2C=C[C@H]3[C@H]4O[C@]2(/C(C)=C/[C@@H](C)[C@@H]([C@@H](C)OC(=O)NN)OC1=O)[C@@H]3[C@H](O)[C@@H](C)[C@H]4OC(=O)c1ccc[nH]1. The van der Waals surface area contributed by atoms with E-state index in [0.717, 1.165) is 5.57 Å². The number of aromatic nitrogens is 1. The molecule has 1 saturated heterocycles. The summed E-state index contributed by atoms with van der Waals surface area (Å²) in [6.45, 7) is 7.28. The van der Waals surface area contributed by atoms with E-state index in [1.807, 2.05) is 44.4 Å². The third-order valence-electron chi connectivity index (χ3n) is 9.33. The number of carbonyl (C=O) groups is 3. The molecule has 0 radical (unpaired) electrons. The molecule has 1 spiro atoms.